The van der Waals surface area contributed by atoms with E-state index in [9.17, 15) is 4.79 Å². The number of hydrogen-bond donors (Lipinski definition) is 0. The predicted octanol–water partition coefficient (Wildman–Crippen LogP) is 0.554. The zero-order chi connectivity index (χ0) is 16.9. The third-order valence-corrected chi connectivity index (χ3v) is 4.02. The normalized spacial score (nSPS) is 15.1. The molecule has 2 aromatic rings. The summed E-state index contributed by atoms with van der Waals surface area (Å²) in [4.78, 5) is 26.8. The molecule has 0 spiro atoms. The van der Waals surface area contributed by atoms with Crippen LogP contribution >= 0.6 is 0 Å². The molecular formula is C16H22N6O2. The third kappa shape index (κ3) is 4.08. The van der Waals surface area contributed by atoms with Crippen LogP contribution < -0.4 is 4.90 Å². The molecule has 24 heavy (non-hydrogen) atoms. The predicted molar refractivity (Wildman–Crippen MR) is 88.4 cm³/mol. The van der Waals surface area contributed by atoms with E-state index in [1.807, 2.05) is 29.8 Å². The number of aryl methyl sites for hydroxylation is 1. The summed E-state index contributed by atoms with van der Waals surface area (Å²) < 4.78 is 5.05. The quantitative estimate of drug-likeness (QED) is 0.792. The molecule has 8 heteroatoms. The molecule has 128 valence electrons. The minimum Gasteiger partial charge on any atom is -0.361 e. The molecule has 0 atom stereocenters. The van der Waals surface area contributed by atoms with Crippen molar-refractivity contribution >= 4 is 11.7 Å². The minimum atomic E-state index is 0.136. The monoisotopic (exact) mass is 330 g/mol. The summed E-state index contributed by atoms with van der Waals surface area (Å²) in [7, 11) is 1.91. The van der Waals surface area contributed by atoms with Gasteiger partial charge < -0.3 is 14.3 Å². The van der Waals surface area contributed by atoms with Gasteiger partial charge in [-0.05, 0) is 14.0 Å². The highest BCUT2D eigenvalue weighted by molar-refractivity contribution is 5.78. The summed E-state index contributed by atoms with van der Waals surface area (Å²) in [5.41, 5.74) is 0.843. The molecular weight excluding hydrogens is 308 g/mol. The van der Waals surface area contributed by atoms with Crippen molar-refractivity contribution in [3.8, 4) is 0 Å². The van der Waals surface area contributed by atoms with Crippen molar-refractivity contribution in [2.45, 2.75) is 13.5 Å². The molecule has 1 fully saturated rings. The van der Waals surface area contributed by atoms with Crippen molar-refractivity contribution in [2.75, 3.05) is 44.7 Å². The number of likely N-dealkylation sites (N-methyl/N-ethyl adjacent to an activating group) is 1. The molecule has 0 N–H and O–H groups in total. The highest BCUT2D eigenvalue weighted by Gasteiger charge is 2.22. The summed E-state index contributed by atoms with van der Waals surface area (Å²) in [6, 6.07) is 1.89. The number of rotatable bonds is 5. The molecule has 3 heterocycles. The molecule has 0 saturated carbocycles. The van der Waals surface area contributed by atoms with E-state index in [1.165, 1.54) is 0 Å². The summed E-state index contributed by atoms with van der Waals surface area (Å²) in [6.45, 7) is 5.78. The van der Waals surface area contributed by atoms with Gasteiger partial charge >= 0.3 is 0 Å². The average Bonchev–Trinajstić information content (AvgIpc) is 3.00. The Labute approximate surface area is 141 Å². The summed E-state index contributed by atoms with van der Waals surface area (Å²) >= 11 is 0. The fourth-order valence-corrected chi connectivity index (χ4v) is 2.80. The van der Waals surface area contributed by atoms with Crippen molar-refractivity contribution < 1.29 is 9.32 Å². The Hall–Kier alpha value is -2.48. The number of amides is 1. The first-order valence-electron chi connectivity index (χ1n) is 8.01. The molecule has 1 amide bonds. The van der Waals surface area contributed by atoms with E-state index in [0.717, 1.165) is 30.4 Å². The van der Waals surface area contributed by atoms with E-state index < -0.39 is 0 Å². The van der Waals surface area contributed by atoms with Crippen molar-refractivity contribution in [3.63, 3.8) is 0 Å². The van der Waals surface area contributed by atoms with Crippen molar-refractivity contribution in [2.24, 2.45) is 0 Å². The first-order chi connectivity index (χ1) is 11.6. The van der Waals surface area contributed by atoms with Crippen LogP contribution in [0.3, 0.4) is 0 Å². The first kappa shape index (κ1) is 16.4. The number of hydrogen-bond acceptors (Lipinski definition) is 7. The number of anilines is 1. The lowest BCUT2D eigenvalue weighted by molar-refractivity contribution is -0.132. The molecule has 2 aromatic heterocycles. The van der Waals surface area contributed by atoms with Gasteiger partial charge in [-0.3, -0.25) is 14.7 Å². The Bertz CT molecular complexity index is 666. The van der Waals surface area contributed by atoms with Gasteiger partial charge in [0.1, 0.15) is 11.6 Å². The fraction of sp³-hybridized carbons (Fsp3) is 0.500. The first-order valence-corrected chi connectivity index (χ1v) is 8.01. The number of aromatic nitrogens is 3. The lowest BCUT2D eigenvalue weighted by atomic mass is 10.3. The average molecular weight is 330 g/mol. The van der Waals surface area contributed by atoms with Gasteiger partial charge in [0.25, 0.3) is 0 Å². The van der Waals surface area contributed by atoms with E-state index in [1.54, 1.807) is 18.6 Å². The summed E-state index contributed by atoms with van der Waals surface area (Å²) in [5, 5.41) is 3.96. The molecule has 0 unspecified atom stereocenters. The van der Waals surface area contributed by atoms with Crippen LogP contribution in [-0.4, -0.2) is 70.6 Å². The second kappa shape index (κ2) is 7.39. The Morgan fingerprint density at radius 1 is 1.29 bits per heavy atom. The second-order valence-electron chi connectivity index (χ2n) is 6.03. The maximum Gasteiger partial charge on any atom is 0.236 e. The van der Waals surface area contributed by atoms with E-state index in [4.69, 9.17) is 4.52 Å². The lowest BCUT2D eigenvalue weighted by Crippen LogP contribution is -2.51. The van der Waals surface area contributed by atoms with Gasteiger partial charge in [0, 0.05) is 51.2 Å². The number of carbonyl (C=O) groups excluding carboxylic acids is 1. The van der Waals surface area contributed by atoms with E-state index in [2.05, 4.69) is 20.0 Å². The molecule has 0 radical (unpaired) electrons. The van der Waals surface area contributed by atoms with Crippen molar-refractivity contribution in [1.29, 1.82) is 0 Å². The van der Waals surface area contributed by atoms with Crippen LogP contribution in [-0.2, 0) is 11.3 Å². The third-order valence-electron chi connectivity index (χ3n) is 4.02. The zero-order valence-electron chi connectivity index (χ0n) is 14.1. The Morgan fingerprint density at radius 3 is 2.71 bits per heavy atom. The highest BCUT2D eigenvalue weighted by Crippen LogP contribution is 2.12. The topological polar surface area (TPSA) is 78.6 Å². The number of nitrogens with zero attached hydrogens (tertiary/aromatic N) is 6. The molecule has 1 aliphatic heterocycles. The van der Waals surface area contributed by atoms with Crippen LogP contribution in [0.15, 0.2) is 29.2 Å². The van der Waals surface area contributed by atoms with Crippen LogP contribution in [0.5, 0.6) is 0 Å². The van der Waals surface area contributed by atoms with E-state index in [-0.39, 0.29) is 5.91 Å². The van der Waals surface area contributed by atoms with Gasteiger partial charge in [0.05, 0.1) is 18.4 Å². The largest absolute Gasteiger partial charge is 0.361 e. The van der Waals surface area contributed by atoms with Crippen LogP contribution in [0, 0.1) is 6.92 Å². The molecule has 0 bridgehead atoms. The lowest BCUT2D eigenvalue weighted by Gasteiger charge is -2.35. The van der Waals surface area contributed by atoms with Crippen LogP contribution in [0.4, 0.5) is 5.82 Å². The Balaban J connectivity index is 1.46. The van der Waals surface area contributed by atoms with Gasteiger partial charge in [0.15, 0.2) is 0 Å². The van der Waals surface area contributed by atoms with E-state index in [0.29, 0.717) is 26.2 Å². The second-order valence-corrected chi connectivity index (χ2v) is 6.03. The number of piperazine rings is 1. The molecule has 1 saturated heterocycles. The molecule has 0 aliphatic carbocycles. The summed E-state index contributed by atoms with van der Waals surface area (Å²) in [5.74, 6) is 1.78. The smallest absolute Gasteiger partial charge is 0.236 e. The van der Waals surface area contributed by atoms with Crippen LogP contribution in [0.1, 0.15) is 11.5 Å². The fourth-order valence-electron chi connectivity index (χ4n) is 2.80. The molecule has 1 aliphatic rings. The maximum absolute atomic E-state index is 12.4. The van der Waals surface area contributed by atoms with E-state index >= 15 is 0 Å². The van der Waals surface area contributed by atoms with Crippen LogP contribution in [0.2, 0.25) is 0 Å². The minimum absolute atomic E-state index is 0.136. The number of carbonyl (C=O) groups is 1. The SMILES string of the molecule is Cc1cc(CN(C)CC(=O)N2CCN(c3cnccn3)CC2)no1. The highest BCUT2D eigenvalue weighted by atomic mass is 16.5. The standard InChI is InChI=1S/C16H22N6O2/c1-13-9-14(19-24-13)11-20(2)12-16(23)22-7-5-21(6-8-22)15-10-17-3-4-18-15/h3-4,9-10H,5-8,11-12H2,1-2H3. The van der Waals surface area contributed by atoms with Crippen LogP contribution in [0.25, 0.3) is 0 Å². The zero-order valence-corrected chi connectivity index (χ0v) is 14.1. The van der Waals surface area contributed by atoms with Crippen molar-refractivity contribution in [3.05, 3.63) is 36.1 Å². The van der Waals surface area contributed by atoms with Gasteiger partial charge in [-0.1, -0.05) is 5.16 Å². The maximum atomic E-state index is 12.4. The summed E-state index contributed by atoms with van der Waals surface area (Å²) in [6.07, 6.45) is 5.11. The van der Waals surface area contributed by atoms with Gasteiger partial charge in [-0.25, -0.2) is 4.98 Å². The molecule has 0 aromatic carbocycles. The van der Waals surface area contributed by atoms with Gasteiger partial charge in [0.2, 0.25) is 5.91 Å². The van der Waals surface area contributed by atoms with Gasteiger partial charge in [-0.15, -0.1) is 0 Å². The molecule has 3 rings (SSSR count). The Morgan fingerprint density at radius 2 is 2.08 bits per heavy atom. The Kier molecular flexibility index (Phi) is 5.05. The molecule has 8 nitrogen and oxygen atoms in total. The van der Waals surface area contributed by atoms with Crippen molar-refractivity contribution in [1.82, 2.24) is 24.9 Å². The van der Waals surface area contributed by atoms with Gasteiger partial charge in [-0.2, -0.15) is 0 Å².